The first-order chi connectivity index (χ1) is 8.17. The van der Waals surface area contributed by atoms with Crippen LogP contribution in [-0.2, 0) is 0 Å². The van der Waals surface area contributed by atoms with Crippen molar-refractivity contribution in [3.63, 3.8) is 0 Å². The number of hydrogen-bond acceptors (Lipinski definition) is 3. The van der Waals surface area contributed by atoms with E-state index in [4.69, 9.17) is 5.73 Å². The highest BCUT2D eigenvalue weighted by atomic mass is 16.3. The summed E-state index contributed by atoms with van der Waals surface area (Å²) in [6.45, 7) is 6.93. The number of aliphatic hydroxyl groups is 1. The van der Waals surface area contributed by atoms with Crippen molar-refractivity contribution in [2.75, 3.05) is 32.8 Å². The summed E-state index contributed by atoms with van der Waals surface area (Å²) in [5, 5.41) is 9.19. The van der Waals surface area contributed by atoms with Crippen LogP contribution in [0.2, 0.25) is 0 Å². The smallest absolute Gasteiger partial charge is 0.0471 e. The topological polar surface area (TPSA) is 49.5 Å². The second-order valence-electron chi connectivity index (χ2n) is 6.46. The third-order valence-corrected chi connectivity index (χ3v) is 4.96. The van der Waals surface area contributed by atoms with Gasteiger partial charge in [0, 0.05) is 19.7 Å². The third kappa shape index (κ3) is 3.21. The van der Waals surface area contributed by atoms with Gasteiger partial charge in [-0.15, -0.1) is 0 Å². The first-order valence-electron chi connectivity index (χ1n) is 7.21. The maximum absolute atomic E-state index is 9.19. The molecule has 0 amide bonds. The summed E-state index contributed by atoms with van der Waals surface area (Å²) in [6.07, 6.45) is 6.44. The summed E-state index contributed by atoms with van der Waals surface area (Å²) in [5.41, 5.74) is 6.42. The zero-order valence-corrected chi connectivity index (χ0v) is 11.2. The molecule has 2 aliphatic rings. The van der Waals surface area contributed by atoms with E-state index in [9.17, 15) is 5.11 Å². The standard InChI is InChI=1S/C14H28N2O/c1-12-2-5-14(10-15,6-3-12)11-16-7-4-13(8-16)9-17/h12-13,17H,2-11,15H2,1H3. The lowest BCUT2D eigenvalue weighted by Crippen LogP contribution is -2.44. The van der Waals surface area contributed by atoms with E-state index in [1.54, 1.807) is 0 Å². The highest BCUT2D eigenvalue weighted by molar-refractivity contribution is 4.90. The quantitative estimate of drug-likeness (QED) is 0.782. The van der Waals surface area contributed by atoms with E-state index in [0.29, 0.717) is 17.9 Å². The largest absolute Gasteiger partial charge is 0.396 e. The molecule has 0 aromatic heterocycles. The summed E-state index contributed by atoms with van der Waals surface area (Å²) >= 11 is 0. The molecule has 1 aliphatic carbocycles. The highest BCUT2D eigenvalue weighted by Gasteiger charge is 2.36. The predicted molar refractivity (Wildman–Crippen MR) is 70.8 cm³/mol. The van der Waals surface area contributed by atoms with Gasteiger partial charge < -0.3 is 15.7 Å². The van der Waals surface area contributed by atoms with Crippen LogP contribution in [0.25, 0.3) is 0 Å². The van der Waals surface area contributed by atoms with Crippen molar-refractivity contribution in [3.05, 3.63) is 0 Å². The van der Waals surface area contributed by atoms with Crippen molar-refractivity contribution in [1.29, 1.82) is 0 Å². The Hall–Kier alpha value is -0.120. The molecule has 0 bridgehead atoms. The zero-order chi connectivity index (χ0) is 12.3. The van der Waals surface area contributed by atoms with E-state index in [1.165, 1.54) is 25.7 Å². The first kappa shape index (κ1) is 13.3. The van der Waals surface area contributed by atoms with Crippen LogP contribution in [0.15, 0.2) is 0 Å². The fourth-order valence-corrected chi connectivity index (χ4v) is 3.48. The Kier molecular flexibility index (Phi) is 4.45. The minimum atomic E-state index is 0.350. The van der Waals surface area contributed by atoms with Crippen molar-refractivity contribution in [3.8, 4) is 0 Å². The number of aliphatic hydroxyl groups excluding tert-OH is 1. The van der Waals surface area contributed by atoms with Gasteiger partial charge in [0.05, 0.1) is 0 Å². The van der Waals surface area contributed by atoms with Crippen LogP contribution in [0.5, 0.6) is 0 Å². The molecule has 0 aromatic rings. The van der Waals surface area contributed by atoms with Gasteiger partial charge in [0.25, 0.3) is 0 Å². The predicted octanol–water partition coefficient (Wildman–Crippen LogP) is 1.46. The Labute approximate surface area is 105 Å². The van der Waals surface area contributed by atoms with E-state index in [2.05, 4.69) is 11.8 Å². The molecule has 2 rings (SSSR count). The van der Waals surface area contributed by atoms with Gasteiger partial charge in [0.2, 0.25) is 0 Å². The Morgan fingerprint density at radius 1 is 1.29 bits per heavy atom. The van der Waals surface area contributed by atoms with Crippen molar-refractivity contribution < 1.29 is 5.11 Å². The van der Waals surface area contributed by atoms with Gasteiger partial charge in [0.15, 0.2) is 0 Å². The summed E-state index contributed by atoms with van der Waals surface area (Å²) in [4.78, 5) is 2.53. The third-order valence-electron chi connectivity index (χ3n) is 4.96. The van der Waals surface area contributed by atoms with Crippen LogP contribution in [0.3, 0.4) is 0 Å². The molecule has 0 spiro atoms. The molecule has 1 aliphatic heterocycles. The van der Waals surface area contributed by atoms with Crippen LogP contribution in [-0.4, -0.2) is 42.8 Å². The monoisotopic (exact) mass is 240 g/mol. The maximum Gasteiger partial charge on any atom is 0.0471 e. The van der Waals surface area contributed by atoms with Gasteiger partial charge in [-0.2, -0.15) is 0 Å². The molecule has 3 N–H and O–H groups in total. The van der Waals surface area contributed by atoms with Crippen LogP contribution in [0.4, 0.5) is 0 Å². The van der Waals surface area contributed by atoms with Crippen molar-refractivity contribution in [1.82, 2.24) is 4.90 Å². The molecule has 1 heterocycles. The highest BCUT2D eigenvalue weighted by Crippen LogP contribution is 2.39. The molecule has 1 saturated carbocycles. The van der Waals surface area contributed by atoms with E-state index in [1.807, 2.05) is 0 Å². The molecule has 1 atom stereocenters. The lowest BCUT2D eigenvalue weighted by molar-refractivity contribution is 0.103. The van der Waals surface area contributed by atoms with Crippen LogP contribution >= 0.6 is 0 Å². The second-order valence-corrected chi connectivity index (χ2v) is 6.46. The number of hydrogen-bond donors (Lipinski definition) is 2. The van der Waals surface area contributed by atoms with Crippen LogP contribution in [0.1, 0.15) is 39.0 Å². The van der Waals surface area contributed by atoms with Crippen molar-refractivity contribution in [2.24, 2.45) is 23.0 Å². The Morgan fingerprint density at radius 3 is 2.53 bits per heavy atom. The van der Waals surface area contributed by atoms with Crippen molar-refractivity contribution in [2.45, 2.75) is 39.0 Å². The normalized spacial score (nSPS) is 39.7. The molecule has 3 heteroatoms. The maximum atomic E-state index is 9.19. The lowest BCUT2D eigenvalue weighted by Gasteiger charge is -2.41. The summed E-state index contributed by atoms with van der Waals surface area (Å²) in [7, 11) is 0. The second kappa shape index (κ2) is 5.68. The van der Waals surface area contributed by atoms with Crippen LogP contribution < -0.4 is 5.73 Å². The Morgan fingerprint density at radius 2 is 2.00 bits per heavy atom. The van der Waals surface area contributed by atoms with E-state index < -0.39 is 0 Å². The molecule has 1 saturated heterocycles. The SMILES string of the molecule is CC1CCC(CN)(CN2CCC(CO)C2)CC1. The fraction of sp³-hybridized carbons (Fsp3) is 1.00. The van der Waals surface area contributed by atoms with E-state index in [0.717, 1.165) is 38.5 Å². The minimum absolute atomic E-state index is 0.350. The van der Waals surface area contributed by atoms with Crippen molar-refractivity contribution >= 4 is 0 Å². The summed E-state index contributed by atoms with van der Waals surface area (Å²) < 4.78 is 0. The Balaban J connectivity index is 1.87. The first-order valence-corrected chi connectivity index (χ1v) is 7.21. The average Bonchev–Trinajstić information content (AvgIpc) is 2.80. The van der Waals surface area contributed by atoms with Gasteiger partial charge in [-0.1, -0.05) is 19.8 Å². The Bertz CT molecular complexity index is 236. The molecule has 1 unspecified atom stereocenters. The van der Waals surface area contributed by atoms with E-state index in [-0.39, 0.29) is 0 Å². The number of rotatable bonds is 4. The van der Waals surface area contributed by atoms with Gasteiger partial charge in [-0.3, -0.25) is 0 Å². The van der Waals surface area contributed by atoms with E-state index >= 15 is 0 Å². The fourth-order valence-electron chi connectivity index (χ4n) is 3.48. The minimum Gasteiger partial charge on any atom is -0.396 e. The molecule has 17 heavy (non-hydrogen) atoms. The number of nitrogens with zero attached hydrogens (tertiary/aromatic N) is 1. The van der Waals surface area contributed by atoms with Gasteiger partial charge in [0.1, 0.15) is 0 Å². The molecule has 0 aromatic carbocycles. The average molecular weight is 240 g/mol. The summed E-state index contributed by atoms with van der Waals surface area (Å²) in [6, 6.07) is 0. The molecule has 3 nitrogen and oxygen atoms in total. The lowest BCUT2D eigenvalue weighted by atomic mass is 9.70. The van der Waals surface area contributed by atoms with Gasteiger partial charge >= 0.3 is 0 Å². The molecule has 0 radical (unpaired) electrons. The molecule has 100 valence electrons. The van der Waals surface area contributed by atoms with Gasteiger partial charge in [-0.25, -0.2) is 0 Å². The van der Waals surface area contributed by atoms with Crippen LogP contribution in [0, 0.1) is 17.3 Å². The zero-order valence-electron chi connectivity index (χ0n) is 11.2. The summed E-state index contributed by atoms with van der Waals surface area (Å²) in [5.74, 6) is 1.39. The number of nitrogens with two attached hydrogens (primary N) is 1. The number of likely N-dealkylation sites (tertiary alicyclic amines) is 1. The molecule has 2 fully saturated rings. The molecular weight excluding hydrogens is 212 g/mol. The molecular formula is C14H28N2O. The van der Waals surface area contributed by atoms with Gasteiger partial charge in [-0.05, 0) is 49.6 Å².